The summed E-state index contributed by atoms with van der Waals surface area (Å²) in [6.07, 6.45) is 3.56. The van der Waals surface area contributed by atoms with E-state index in [0.29, 0.717) is 48.2 Å². The number of nitrogens with one attached hydrogen (secondary N) is 2. The van der Waals surface area contributed by atoms with Crippen molar-refractivity contribution in [2.24, 2.45) is 5.92 Å². The van der Waals surface area contributed by atoms with Gasteiger partial charge in [0.05, 0.1) is 35.1 Å². The number of amides is 1. The van der Waals surface area contributed by atoms with Crippen molar-refractivity contribution in [2.75, 3.05) is 32.0 Å². The van der Waals surface area contributed by atoms with Crippen LogP contribution in [-0.2, 0) is 11.2 Å². The van der Waals surface area contributed by atoms with Crippen LogP contribution in [0.15, 0.2) is 6.07 Å². The lowest BCUT2D eigenvalue weighted by Crippen LogP contribution is -2.56. The molecule has 0 aliphatic carbocycles. The third-order valence-electron chi connectivity index (χ3n) is 6.10. The first-order valence-electron chi connectivity index (χ1n) is 10.1. The number of nitrogens with two attached hydrogens (primary N) is 1. The maximum absolute atomic E-state index is 13.1. The van der Waals surface area contributed by atoms with Gasteiger partial charge in [-0.25, -0.2) is 0 Å². The molecular formula is C20H28ClN3O4. The first kappa shape index (κ1) is 19.8. The summed E-state index contributed by atoms with van der Waals surface area (Å²) in [5.74, 6) is 0.175. The van der Waals surface area contributed by atoms with Crippen LogP contribution in [0.2, 0.25) is 5.02 Å². The van der Waals surface area contributed by atoms with Crippen LogP contribution in [0.25, 0.3) is 0 Å². The molecule has 0 bridgehead atoms. The number of piperidine rings is 1. The van der Waals surface area contributed by atoms with E-state index in [1.807, 2.05) is 0 Å². The largest absolute Gasteiger partial charge is 0.492 e. The molecule has 0 aromatic heterocycles. The van der Waals surface area contributed by atoms with Gasteiger partial charge in [0.15, 0.2) is 0 Å². The van der Waals surface area contributed by atoms with Crippen molar-refractivity contribution < 1.29 is 19.4 Å². The van der Waals surface area contributed by atoms with Crippen molar-refractivity contribution in [3.8, 4) is 5.75 Å². The number of benzene rings is 1. The summed E-state index contributed by atoms with van der Waals surface area (Å²) in [6, 6.07) is 1.43. The van der Waals surface area contributed by atoms with Crippen LogP contribution in [0.3, 0.4) is 0 Å². The maximum atomic E-state index is 13.1. The topological polar surface area (TPSA) is 106 Å². The maximum Gasteiger partial charge on any atom is 0.255 e. The smallest absolute Gasteiger partial charge is 0.255 e. The van der Waals surface area contributed by atoms with Gasteiger partial charge in [0.1, 0.15) is 5.75 Å². The molecule has 0 saturated carbocycles. The lowest BCUT2D eigenvalue weighted by molar-refractivity contribution is -0.0904. The van der Waals surface area contributed by atoms with Crippen LogP contribution < -0.4 is 21.1 Å². The molecule has 1 amide bonds. The second-order valence-corrected chi connectivity index (χ2v) is 8.27. The highest BCUT2D eigenvalue weighted by Crippen LogP contribution is 2.39. The van der Waals surface area contributed by atoms with Crippen LogP contribution >= 0.6 is 11.6 Å². The summed E-state index contributed by atoms with van der Waals surface area (Å²) in [5, 5.41) is 17.7. The van der Waals surface area contributed by atoms with Crippen molar-refractivity contribution in [3.63, 3.8) is 0 Å². The van der Waals surface area contributed by atoms with Gasteiger partial charge in [-0.3, -0.25) is 4.79 Å². The van der Waals surface area contributed by atoms with Gasteiger partial charge in [-0.2, -0.15) is 0 Å². The minimum absolute atomic E-state index is 0.112. The number of anilines is 1. The Balaban J connectivity index is 1.51. The molecule has 0 spiro atoms. The molecule has 3 aliphatic rings. The Labute approximate surface area is 169 Å². The average molecular weight is 410 g/mol. The van der Waals surface area contributed by atoms with Gasteiger partial charge in [0.25, 0.3) is 5.91 Å². The second kappa shape index (κ2) is 8.45. The van der Waals surface area contributed by atoms with Crippen LogP contribution in [0.5, 0.6) is 5.75 Å². The Morgan fingerprint density at radius 1 is 1.36 bits per heavy atom. The highest BCUT2D eigenvalue weighted by Gasteiger charge is 2.38. The number of aliphatic hydroxyl groups is 1. The molecule has 2 fully saturated rings. The Bertz CT molecular complexity index is 739. The number of aliphatic hydroxyl groups excluding tert-OH is 1. The number of halogens is 1. The highest BCUT2D eigenvalue weighted by molar-refractivity contribution is 6.33. The number of hydrogen-bond acceptors (Lipinski definition) is 6. The first-order chi connectivity index (χ1) is 13.6. The predicted molar refractivity (Wildman–Crippen MR) is 107 cm³/mol. The van der Waals surface area contributed by atoms with E-state index in [1.165, 1.54) is 0 Å². The van der Waals surface area contributed by atoms with Crippen molar-refractivity contribution in [1.29, 1.82) is 0 Å². The van der Waals surface area contributed by atoms with E-state index in [-0.39, 0.29) is 24.0 Å². The third-order valence-corrected chi connectivity index (χ3v) is 6.41. The molecule has 2 saturated heterocycles. The Morgan fingerprint density at radius 3 is 3.00 bits per heavy atom. The summed E-state index contributed by atoms with van der Waals surface area (Å²) < 4.78 is 11.4. The van der Waals surface area contributed by atoms with Gasteiger partial charge in [-0.1, -0.05) is 11.6 Å². The Morgan fingerprint density at radius 2 is 2.21 bits per heavy atom. The van der Waals surface area contributed by atoms with Crippen molar-refractivity contribution in [3.05, 3.63) is 22.2 Å². The molecule has 7 nitrogen and oxygen atoms in total. The van der Waals surface area contributed by atoms with E-state index in [9.17, 15) is 9.90 Å². The van der Waals surface area contributed by atoms with E-state index in [1.54, 1.807) is 6.07 Å². The number of carbonyl (C=O) groups is 1. The molecule has 4 rings (SSSR count). The zero-order valence-electron chi connectivity index (χ0n) is 15.9. The highest BCUT2D eigenvalue weighted by atomic mass is 35.5. The van der Waals surface area contributed by atoms with Crippen molar-refractivity contribution in [2.45, 2.75) is 50.4 Å². The fourth-order valence-electron chi connectivity index (χ4n) is 4.51. The zero-order chi connectivity index (χ0) is 19.7. The minimum Gasteiger partial charge on any atom is -0.492 e. The molecule has 3 heterocycles. The summed E-state index contributed by atoms with van der Waals surface area (Å²) in [6.45, 7) is 2.61. The number of fused-ring (bicyclic) bond motifs is 1. The molecule has 8 heteroatoms. The van der Waals surface area contributed by atoms with E-state index in [2.05, 4.69) is 10.6 Å². The molecule has 1 aromatic carbocycles. The zero-order valence-corrected chi connectivity index (χ0v) is 16.6. The van der Waals surface area contributed by atoms with Gasteiger partial charge in [-0.05, 0) is 38.3 Å². The van der Waals surface area contributed by atoms with E-state index in [4.69, 9.17) is 26.8 Å². The molecular weight excluding hydrogens is 382 g/mol. The predicted octanol–water partition coefficient (Wildman–Crippen LogP) is 1.49. The lowest BCUT2D eigenvalue weighted by Gasteiger charge is -2.39. The van der Waals surface area contributed by atoms with Crippen LogP contribution in [0.1, 0.15) is 41.6 Å². The normalized spacial score (nSPS) is 28.3. The summed E-state index contributed by atoms with van der Waals surface area (Å²) in [4.78, 5) is 13.1. The van der Waals surface area contributed by atoms with Crippen LogP contribution in [0.4, 0.5) is 5.69 Å². The fourth-order valence-corrected chi connectivity index (χ4v) is 4.74. The van der Waals surface area contributed by atoms with Gasteiger partial charge in [0, 0.05) is 37.1 Å². The monoisotopic (exact) mass is 409 g/mol. The lowest BCUT2D eigenvalue weighted by atomic mass is 9.84. The number of ether oxygens (including phenoxy) is 2. The number of carbonyl (C=O) groups excluding carboxylic acids is 1. The minimum atomic E-state index is -0.615. The summed E-state index contributed by atoms with van der Waals surface area (Å²) in [5.41, 5.74) is 7.73. The number of hydrogen-bond donors (Lipinski definition) is 4. The van der Waals surface area contributed by atoms with E-state index < -0.39 is 6.10 Å². The van der Waals surface area contributed by atoms with E-state index in [0.717, 1.165) is 37.8 Å². The molecule has 154 valence electrons. The molecule has 4 unspecified atom stereocenters. The molecule has 1 aromatic rings. The Hall–Kier alpha value is -1.54. The fraction of sp³-hybridized carbons (Fsp3) is 0.650. The molecule has 5 N–H and O–H groups in total. The number of nitrogen functional groups attached to an aromatic ring is 1. The van der Waals surface area contributed by atoms with Crippen LogP contribution in [-0.4, -0.2) is 55.6 Å². The van der Waals surface area contributed by atoms with Crippen molar-refractivity contribution >= 4 is 23.2 Å². The SMILES string of the molecule is Nc1c(Cl)cc(C(=O)NC2CCNCC2C(O)C2CCCCO2)c2c1CCO2. The van der Waals surface area contributed by atoms with Gasteiger partial charge < -0.3 is 30.9 Å². The van der Waals surface area contributed by atoms with Crippen molar-refractivity contribution in [1.82, 2.24) is 10.6 Å². The van der Waals surface area contributed by atoms with Gasteiger partial charge >= 0.3 is 0 Å². The second-order valence-electron chi connectivity index (χ2n) is 7.86. The molecule has 28 heavy (non-hydrogen) atoms. The molecule has 0 radical (unpaired) electrons. The average Bonchev–Trinajstić information content (AvgIpc) is 3.21. The first-order valence-corrected chi connectivity index (χ1v) is 10.5. The molecule has 4 atom stereocenters. The summed E-state index contributed by atoms with van der Waals surface area (Å²) >= 11 is 6.24. The third kappa shape index (κ3) is 3.81. The summed E-state index contributed by atoms with van der Waals surface area (Å²) in [7, 11) is 0. The molecule has 3 aliphatic heterocycles. The Kier molecular flexibility index (Phi) is 5.96. The van der Waals surface area contributed by atoms with Crippen LogP contribution in [0, 0.1) is 5.92 Å². The van der Waals surface area contributed by atoms with E-state index >= 15 is 0 Å². The number of rotatable bonds is 4. The van der Waals surface area contributed by atoms with Gasteiger partial charge in [0.2, 0.25) is 0 Å². The standard InChI is InChI=1S/C20H28ClN3O4/c21-14-9-12(19-11(17(14)22)5-8-28-19)20(26)24-15-4-6-23-10-13(15)18(25)16-3-1-2-7-27-16/h9,13,15-16,18,23,25H,1-8,10,22H2,(H,24,26). The quantitative estimate of drug-likeness (QED) is 0.561. The van der Waals surface area contributed by atoms with Gasteiger partial charge in [-0.15, -0.1) is 0 Å².